The third kappa shape index (κ3) is 5.71. The molecule has 38 heavy (non-hydrogen) atoms. The fourth-order valence-electron chi connectivity index (χ4n) is 3.85. The summed E-state index contributed by atoms with van der Waals surface area (Å²) in [4.78, 5) is 19.4. The lowest BCUT2D eigenvalue weighted by Crippen LogP contribution is -2.23. The van der Waals surface area contributed by atoms with Gasteiger partial charge in [-0.15, -0.1) is 0 Å². The van der Waals surface area contributed by atoms with E-state index < -0.39 is 15.6 Å². The Bertz CT molecular complexity index is 1730. The van der Waals surface area contributed by atoms with Crippen molar-refractivity contribution in [2.45, 2.75) is 11.9 Å². The van der Waals surface area contributed by atoms with E-state index in [4.69, 9.17) is 17.4 Å². The van der Waals surface area contributed by atoms with Crippen LogP contribution in [0, 0.1) is 0 Å². The third-order valence-electron chi connectivity index (χ3n) is 5.73. The van der Waals surface area contributed by atoms with E-state index in [-0.39, 0.29) is 5.91 Å². The number of furan rings is 1. The molecule has 3 aromatic rings. The minimum atomic E-state index is -5.84. The summed E-state index contributed by atoms with van der Waals surface area (Å²) in [5, 5.41) is 4.83. The Kier molecular flexibility index (Phi) is 7.29. The van der Waals surface area contributed by atoms with E-state index in [0.29, 0.717) is 11.4 Å². The van der Waals surface area contributed by atoms with E-state index in [0.717, 1.165) is 39.2 Å². The van der Waals surface area contributed by atoms with Crippen LogP contribution in [-0.4, -0.2) is 48.4 Å². The van der Waals surface area contributed by atoms with Crippen molar-refractivity contribution in [3.05, 3.63) is 93.8 Å². The van der Waals surface area contributed by atoms with Gasteiger partial charge in [0.05, 0.1) is 0 Å². The maximum absolute atomic E-state index is 13.0. The minimum Gasteiger partial charge on any atom is -0.456 e. The van der Waals surface area contributed by atoms with Crippen molar-refractivity contribution in [3.63, 3.8) is 0 Å². The largest absolute Gasteiger partial charge is 0.522 e. The number of benzene rings is 1. The molecule has 0 atom stereocenters. The van der Waals surface area contributed by atoms with Crippen molar-refractivity contribution in [1.29, 1.82) is 0 Å². The number of carbonyl (C=O) groups excluding carboxylic acids is 1. The molecular weight excluding hydrogens is 523 g/mol. The first-order valence-corrected chi connectivity index (χ1v) is 12.6. The standard InChI is InChI=1S/C25H21N3O2.CHF3O3S/c1-28(2)18-10-11-23-21(15-18)20-14-17(7-5-9-22(20)30-23)27-25(29)24-19-8-4-3-6-16(19)12-13-26-24;2-1(3,4)8(5,6)7/h3-14H,15H2,1-2H3,(H,27,29);(H,5,6,7). The van der Waals surface area contributed by atoms with Gasteiger partial charge in [-0.3, -0.25) is 14.3 Å². The third-order valence-corrected chi connectivity index (χ3v) is 6.31. The average molecular weight is 546 g/mol. The van der Waals surface area contributed by atoms with Gasteiger partial charge in [0.2, 0.25) is 0 Å². The molecule has 0 bridgehead atoms. The molecule has 2 aliphatic carbocycles. The monoisotopic (exact) mass is 545 g/mol. The molecule has 12 heteroatoms. The number of carbonyl (C=O) groups is 1. The molecule has 2 N–H and O–H groups in total. The summed E-state index contributed by atoms with van der Waals surface area (Å²) >= 11 is 0. The number of halogens is 3. The first-order chi connectivity index (χ1) is 17.8. The second-order valence-corrected chi connectivity index (χ2v) is 9.91. The molecule has 0 fully saturated rings. The van der Waals surface area contributed by atoms with Crippen LogP contribution in [0.3, 0.4) is 0 Å². The second kappa shape index (κ2) is 10.3. The number of rotatable bonds is 3. The minimum absolute atomic E-state index is 0.232. The van der Waals surface area contributed by atoms with Gasteiger partial charge in [0.25, 0.3) is 5.91 Å². The summed E-state index contributed by atoms with van der Waals surface area (Å²) in [5.74, 6) is -0.232. The van der Waals surface area contributed by atoms with E-state index in [1.165, 1.54) is 5.70 Å². The average Bonchev–Trinajstić information content (AvgIpc) is 3.06. The number of nitrogens with zero attached hydrogens (tertiary/aromatic N) is 2. The molecule has 0 saturated carbocycles. The van der Waals surface area contributed by atoms with Gasteiger partial charge in [-0.05, 0) is 41.8 Å². The van der Waals surface area contributed by atoms with Crippen molar-refractivity contribution in [1.82, 2.24) is 15.2 Å². The van der Waals surface area contributed by atoms with Crippen LogP contribution < -0.4 is 16.1 Å². The number of hydrogen-bond acceptors (Lipinski definition) is 6. The maximum Gasteiger partial charge on any atom is 0.522 e. The van der Waals surface area contributed by atoms with Gasteiger partial charge in [-0.2, -0.15) is 21.6 Å². The van der Waals surface area contributed by atoms with E-state index >= 15 is 0 Å². The van der Waals surface area contributed by atoms with Crippen molar-refractivity contribution in [2.24, 2.45) is 0 Å². The number of nitrogens with one attached hydrogen (secondary N) is 1. The zero-order valence-corrected chi connectivity index (χ0v) is 21.0. The van der Waals surface area contributed by atoms with E-state index in [1.807, 2.05) is 74.8 Å². The molecule has 0 unspecified atom stereocenters. The van der Waals surface area contributed by atoms with Crippen LogP contribution in [0.1, 0.15) is 21.6 Å². The zero-order chi connectivity index (χ0) is 27.7. The first-order valence-electron chi connectivity index (χ1n) is 11.1. The van der Waals surface area contributed by atoms with Crippen LogP contribution in [-0.2, 0) is 16.5 Å². The topological polar surface area (TPSA) is 113 Å². The number of aromatic nitrogens is 1. The molecule has 1 amide bonds. The highest BCUT2D eigenvalue weighted by Crippen LogP contribution is 2.21. The van der Waals surface area contributed by atoms with Crippen LogP contribution in [0.4, 0.5) is 13.2 Å². The number of fused-ring (bicyclic) bond motifs is 4. The van der Waals surface area contributed by atoms with Crippen molar-refractivity contribution < 1.29 is 35.4 Å². The van der Waals surface area contributed by atoms with Crippen molar-refractivity contribution >= 4 is 45.0 Å². The van der Waals surface area contributed by atoms with Crippen molar-refractivity contribution in [3.8, 4) is 0 Å². The molecule has 2 aromatic heterocycles. The predicted molar refractivity (Wildman–Crippen MR) is 136 cm³/mol. The maximum atomic E-state index is 13.0. The predicted octanol–water partition coefficient (Wildman–Crippen LogP) is 3.13. The fourth-order valence-corrected chi connectivity index (χ4v) is 3.85. The van der Waals surface area contributed by atoms with Crippen LogP contribution in [0.5, 0.6) is 0 Å². The quantitative estimate of drug-likeness (QED) is 0.384. The Morgan fingerprint density at radius 3 is 2.50 bits per heavy atom. The van der Waals surface area contributed by atoms with Crippen LogP contribution >= 0.6 is 0 Å². The number of likely N-dealkylation sites (N-methyl/N-ethyl adjacent to an activating group) is 1. The fraction of sp³-hybridized carbons (Fsp3) is 0.154. The number of amides is 1. The summed E-state index contributed by atoms with van der Waals surface area (Å²) in [5.41, 5.74) is 0.592. The van der Waals surface area contributed by atoms with Gasteiger partial charge in [-0.1, -0.05) is 30.3 Å². The first kappa shape index (κ1) is 26.9. The Balaban J connectivity index is 0.000000368. The van der Waals surface area contributed by atoms with Gasteiger partial charge < -0.3 is 14.6 Å². The smallest absolute Gasteiger partial charge is 0.456 e. The molecule has 2 heterocycles. The zero-order valence-electron chi connectivity index (χ0n) is 20.2. The summed E-state index contributed by atoms with van der Waals surface area (Å²) in [6, 6.07) is 9.66. The molecule has 0 spiro atoms. The van der Waals surface area contributed by atoms with Crippen molar-refractivity contribution in [2.75, 3.05) is 14.1 Å². The highest BCUT2D eigenvalue weighted by atomic mass is 32.2. The van der Waals surface area contributed by atoms with Crippen LogP contribution in [0.15, 0.2) is 70.6 Å². The summed E-state index contributed by atoms with van der Waals surface area (Å²) in [7, 11) is -1.77. The lowest BCUT2D eigenvalue weighted by atomic mass is 10.0. The highest BCUT2D eigenvalue weighted by molar-refractivity contribution is 7.86. The Labute approximate surface area is 215 Å². The molecule has 0 aliphatic heterocycles. The Hall–Kier alpha value is -4.16. The molecule has 5 rings (SSSR count). The highest BCUT2D eigenvalue weighted by Gasteiger charge is 2.44. The van der Waals surface area contributed by atoms with Gasteiger partial charge in [0, 0.05) is 54.6 Å². The van der Waals surface area contributed by atoms with E-state index in [2.05, 4.69) is 21.3 Å². The number of hydrogen-bond donors (Lipinski definition) is 2. The van der Waals surface area contributed by atoms with E-state index in [9.17, 15) is 18.0 Å². The lowest BCUT2D eigenvalue weighted by Gasteiger charge is -2.18. The summed E-state index contributed by atoms with van der Waals surface area (Å²) < 4.78 is 63.6. The second-order valence-electron chi connectivity index (χ2n) is 8.50. The SMILES string of the molecule is CN(C)C1=CC=c2oc3c(c2C1)C=C(NC(=O)c1nccc2ccccc12)C=CC=3.O=S(=O)(O)C(F)(F)F. The molecule has 0 saturated heterocycles. The molecular formula is C26H22F3N3O5S. The van der Waals surface area contributed by atoms with Gasteiger partial charge in [0.1, 0.15) is 16.5 Å². The molecule has 1 aromatic carbocycles. The molecule has 198 valence electrons. The molecule has 8 nitrogen and oxygen atoms in total. The molecule has 2 aliphatic rings. The normalized spacial score (nSPS) is 14.4. The summed E-state index contributed by atoms with van der Waals surface area (Å²) in [6.07, 6.45) is 14.2. The number of allylic oxidation sites excluding steroid dienone is 4. The van der Waals surface area contributed by atoms with E-state index in [1.54, 1.807) is 6.20 Å². The van der Waals surface area contributed by atoms with Gasteiger partial charge >= 0.3 is 15.6 Å². The van der Waals surface area contributed by atoms with Gasteiger partial charge in [0.15, 0.2) is 0 Å². The lowest BCUT2D eigenvalue weighted by molar-refractivity contribution is -0.0510. The Morgan fingerprint density at radius 2 is 1.82 bits per heavy atom. The number of pyridine rings is 1. The number of alkyl halides is 3. The van der Waals surface area contributed by atoms with Crippen LogP contribution in [0.25, 0.3) is 29.0 Å². The summed E-state index contributed by atoms with van der Waals surface area (Å²) in [6.45, 7) is 0. The Morgan fingerprint density at radius 1 is 1.11 bits per heavy atom. The van der Waals surface area contributed by atoms with Crippen LogP contribution in [0.2, 0.25) is 0 Å². The molecule has 0 radical (unpaired) electrons. The van der Waals surface area contributed by atoms with Gasteiger partial charge in [-0.25, -0.2) is 0 Å².